The number of carbonyl (C=O) groups is 2. The number of rotatable bonds is 9. The Kier molecular flexibility index (Phi) is 9.19. The van der Waals surface area contributed by atoms with Gasteiger partial charge in [-0.2, -0.15) is 0 Å². The lowest BCUT2D eigenvalue weighted by molar-refractivity contribution is -0.141. The van der Waals surface area contributed by atoms with E-state index in [0.717, 1.165) is 16.7 Å². The van der Waals surface area contributed by atoms with Gasteiger partial charge in [-0.1, -0.05) is 90.3 Å². The lowest BCUT2D eigenvalue weighted by Crippen LogP contribution is -2.50. The van der Waals surface area contributed by atoms with Gasteiger partial charge in [-0.3, -0.25) is 9.59 Å². The van der Waals surface area contributed by atoms with Gasteiger partial charge in [0, 0.05) is 41.0 Å². The van der Waals surface area contributed by atoms with Crippen molar-refractivity contribution in [1.29, 1.82) is 0 Å². The van der Waals surface area contributed by atoms with Crippen LogP contribution >= 0.6 is 34.8 Å². The third kappa shape index (κ3) is 7.23. The Morgan fingerprint density at radius 3 is 2.18 bits per heavy atom. The zero-order chi connectivity index (χ0) is 23.8. The molecule has 0 fully saturated rings. The first-order valence-electron chi connectivity index (χ1n) is 10.7. The highest BCUT2D eigenvalue weighted by Crippen LogP contribution is 2.21. The van der Waals surface area contributed by atoms with Crippen LogP contribution in [0.1, 0.15) is 30.0 Å². The standard InChI is InChI=1S/C26H25Cl3N2O2/c1-2-25(32)31(17-19-8-11-21(27)12-9-19)24(14-18-6-4-3-5-7-18)26(33)30-16-20-10-13-22(28)15-23(20)29/h3-13,15,24H,2,14,16-17H2,1H3,(H,30,33)/t24-/m1/s1. The summed E-state index contributed by atoms with van der Waals surface area (Å²) < 4.78 is 0. The second kappa shape index (κ2) is 12.1. The van der Waals surface area contributed by atoms with Gasteiger partial charge < -0.3 is 10.2 Å². The molecule has 0 unspecified atom stereocenters. The first-order valence-corrected chi connectivity index (χ1v) is 11.8. The Balaban J connectivity index is 1.86. The average Bonchev–Trinajstić information content (AvgIpc) is 2.82. The molecule has 7 heteroatoms. The number of hydrogen-bond donors (Lipinski definition) is 1. The van der Waals surface area contributed by atoms with Crippen LogP contribution in [-0.4, -0.2) is 22.8 Å². The molecule has 0 spiro atoms. The van der Waals surface area contributed by atoms with Crippen LogP contribution in [0.2, 0.25) is 15.1 Å². The predicted molar refractivity (Wildman–Crippen MR) is 135 cm³/mol. The minimum Gasteiger partial charge on any atom is -0.350 e. The smallest absolute Gasteiger partial charge is 0.243 e. The molecule has 1 N–H and O–H groups in total. The van der Waals surface area contributed by atoms with Crippen LogP contribution in [0.25, 0.3) is 0 Å². The summed E-state index contributed by atoms with van der Waals surface area (Å²) in [6.07, 6.45) is 0.676. The number of amides is 2. The monoisotopic (exact) mass is 502 g/mol. The fourth-order valence-corrected chi connectivity index (χ4v) is 4.11. The van der Waals surface area contributed by atoms with E-state index in [1.54, 1.807) is 42.2 Å². The van der Waals surface area contributed by atoms with E-state index in [4.69, 9.17) is 34.8 Å². The Labute approximate surface area is 209 Å². The van der Waals surface area contributed by atoms with E-state index in [-0.39, 0.29) is 24.8 Å². The molecule has 0 aliphatic carbocycles. The van der Waals surface area contributed by atoms with Crippen LogP contribution in [0.5, 0.6) is 0 Å². The van der Waals surface area contributed by atoms with Crippen LogP contribution < -0.4 is 5.32 Å². The third-order valence-electron chi connectivity index (χ3n) is 5.31. The fraction of sp³-hybridized carbons (Fsp3) is 0.231. The van der Waals surface area contributed by atoms with E-state index in [0.29, 0.717) is 28.0 Å². The molecule has 2 amide bonds. The number of carbonyl (C=O) groups excluding carboxylic acids is 2. The van der Waals surface area contributed by atoms with E-state index < -0.39 is 6.04 Å². The van der Waals surface area contributed by atoms with Crippen molar-refractivity contribution in [2.75, 3.05) is 0 Å². The second-order valence-corrected chi connectivity index (χ2v) is 8.94. The predicted octanol–water partition coefficient (Wildman–Crippen LogP) is 6.31. The molecule has 0 saturated carbocycles. The van der Waals surface area contributed by atoms with Gasteiger partial charge in [-0.15, -0.1) is 0 Å². The SMILES string of the molecule is CCC(=O)N(Cc1ccc(Cl)cc1)[C@H](Cc1ccccc1)C(=O)NCc1ccc(Cl)cc1Cl. The van der Waals surface area contributed by atoms with Gasteiger partial charge in [0.15, 0.2) is 0 Å². The molecule has 1 atom stereocenters. The Hall–Kier alpha value is -2.53. The summed E-state index contributed by atoms with van der Waals surface area (Å²) in [6, 6.07) is 21.4. The maximum absolute atomic E-state index is 13.4. The largest absolute Gasteiger partial charge is 0.350 e. The van der Waals surface area contributed by atoms with E-state index in [9.17, 15) is 9.59 Å². The molecule has 0 saturated heterocycles. The first kappa shape index (κ1) is 25.1. The summed E-state index contributed by atoms with van der Waals surface area (Å²) in [5.74, 6) is -0.355. The summed E-state index contributed by atoms with van der Waals surface area (Å²) in [4.78, 5) is 28.0. The van der Waals surface area contributed by atoms with Crippen molar-refractivity contribution >= 4 is 46.6 Å². The van der Waals surface area contributed by atoms with Crippen molar-refractivity contribution in [1.82, 2.24) is 10.2 Å². The summed E-state index contributed by atoms with van der Waals surface area (Å²) in [5.41, 5.74) is 2.61. The second-order valence-electron chi connectivity index (χ2n) is 7.66. The molecule has 33 heavy (non-hydrogen) atoms. The van der Waals surface area contributed by atoms with E-state index >= 15 is 0 Å². The quantitative estimate of drug-likeness (QED) is 0.372. The molecule has 0 bridgehead atoms. The Bertz CT molecular complexity index is 1090. The van der Waals surface area contributed by atoms with Gasteiger partial charge in [0.2, 0.25) is 11.8 Å². The molecule has 3 aromatic carbocycles. The minimum atomic E-state index is -0.693. The molecule has 0 radical (unpaired) electrons. The van der Waals surface area contributed by atoms with Crippen molar-refractivity contribution < 1.29 is 9.59 Å². The third-order valence-corrected chi connectivity index (χ3v) is 6.15. The summed E-state index contributed by atoms with van der Waals surface area (Å²) in [7, 11) is 0. The van der Waals surface area contributed by atoms with Crippen LogP contribution in [-0.2, 0) is 29.1 Å². The molecule has 0 aromatic heterocycles. The van der Waals surface area contributed by atoms with Crippen molar-refractivity contribution in [3.8, 4) is 0 Å². The van der Waals surface area contributed by atoms with Crippen molar-refractivity contribution in [3.05, 3.63) is 105 Å². The molecule has 0 heterocycles. The van der Waals surface area contributed by atoms with Gasteiger partial charge in [0.25, 0.3) is 0 Å². The van der Waals surface area contributed by atoms with Crippen LogP contribution in [0, 0.1) is 0 Å². The molecule has 172 valence electrons. The summed E-state index contributed by atoms with van der Waals surface area (Å²) in [5, 5.41) is 4.57. The molecule has 3 rings (SSSR count). The van der Waals surface area contributed by atoms with Crippen molar-refractivity contribution in [3.63, 3.8) is 0 Å². The molecule has 3 aromatic rings. The zero-order valence-electron chi connectivity index (χ0n) is 18.2. The highest BCUT2D eigenvalue weighted by atomic mass is 35.5. The maximum atomic E-state index is 13.4. The zero-order valence-corrected chi connectivity index (χ0v) is 20.5. The highest BCUT2D eigenvalue weighted by Gasteiger charge is 2.29. The number of hydrogen-bond acceptors (Lipinski definition) is 2. The maximum Gasteiger partial charge on any atom is 0.243 e. The normalized spacial score (nSPS) is 11.6. The Morgan fingerprint density at radius 1 is 0.879 bits per heavy atom. The molecule has 0 aliphatic rings. The van der Waals surface area contributed by atoms with Crippen LogP contribution in [0.15, 0.2) is 72.8 Å². The number of benzene rings is 3. The first-order chi connectivity index (χ1) is 15.9. The van der Waals surface area contributed by atoms with Gasteiger partial charge in [-0.05, 0) is 41.0 Å². The summed E-state index contributed by atoms with van der Waals surface area (Å²) >= 11 is 18.3. The van der Waals surface area contributed by atoms with E-state index in [1.807, 2.05) is 42.5 Å². The molecular formula is C26H25Cl3N2O2. The summed E-state index contributed by atoms with van der Waals surface area (Å²) in [6.45, 7) is 2.33. The molecule has 0 aliphatic heterocycles. The minimum absolute atomic E-state index is 0.106. The lowest BCUT2D eigenvalue weighted by Gasteiger charge is -2.31. The van der Waals surface area contributed by atoms with Crippen molar-refractivity contribution in [2.45, 2.75) is 38.9 Å². The molecule has 4 nitrogen and oxygen atoms in total. The average molecular weight is 504 g/mol. The van der Waals surface area contributed by atoms with E-state index in [1.165, 1.54) is 0 Å². The van der Waals surface area contributed by atoms with Crippen LogP contribution in [0.4, 0.5) is 0 Å². The van der Waals surface area contributed by atoms with Crippen LogP contribution in [0.3, 0.4) is 0 Å². The van der Waals surface area contributed by atoms with Gasteiger partial charge in [0.1, 0.15) is 6.04 Å². The highest BCUT2D eigenvalue weighted by molar-refractivity contribution is 6.35. The number of nitrogens with zero attached hydrogens (tertiary/aromatic N) is 1. The van der Waals surface area contributed by atoms with Crippen molar-refractivity contribution in [2.24, 2.45) is 0 Å². The number of nitrogens with one attached hydrogen (secondary N) is 1. The molecular weight excluding hydrogens is 479 g/mol. The van der Waals surface area contributed by atoms with Gasteiger partial charge in [0.05, 0.1) is 0 Å². The fourth-order valence-electron chi connectivity index (χ4n) is 3.51. The van der Waals surface area contributed by atoms with Gasteiger partial charge in [-0.25, -0.2) is 0 Å². The Morgan fingerprint density at radius 2 is 1.55 bits per heavy atom. The lowest BCUT2D eigenvalue weighted by atomic mass is 10.0. The topological polar surface area (TPSA) is 49.4 Å². The van der Waals surface area contributed by atoms with Gasteiger partial charge >= 0.3 is 0 Å². The van der Waals surface area contributed by atoms with E-state index in [2.05, 4.69) is 5.32 Å². The number of halogens is 3.